The number of ether oxygens (including phenoxy) is 1. The molecule has 2 aliphatic heterocycles. The lowest BCUT2D eigenvalue weighted by atomic mass is 9.75. The van der Waals surface area contributed by atoms with Crippen molar-refractivity contribution in [1.82, 2.24) is 9.97 Å². The standard InChI is InChI=1S/C28H27FN4O3/c1-3-33-25-23(28-11-19(28)14-36-15-24(28)27(33)35)9-18(13-31-25)22-10-20(5-4-16(22)2)32-26(34)17-6-7-30-21(8-17)12-29/h4-10,13,19,24H,3,11-12,14-15H2,1-2H3,(H,32,34)/t19?,24-,28?/m0/s1. The second kappa shape index (κ2) is 8.48. The molecule has 1 N–H and O–H groups in total. The predicted molar refractivity (Wildman–Crippen MR) is 134 cm³/mol. The van der Waals surface area contributed by atoms with Crippen LogP contribution in [0, 0.1) is 18.8 Å². The van der Waals surface area contributed by atoms with E-state index < -0.39 is 6.67 Å². The van der Waals surface area contributed by atoms with Crippen molar-refractivity contribution in [2.24, 2.45) is 11.8 Å². The molecule has 1 saturated carbocycles. The first-order chi connectivity index (χ1) is 17.5. The number of halogens is 1. The third-order valence-corrected chi connectivity index (χ3v) is 7.90. The van der Waals surface area contributed by atoms with E-state index in [0.717, 1.165) is 34.5 Å². The fraction of sp³-hybridized carbons (Fsp3) is 0.357. The van der Waals surface area contributed by atoms with Gasteiger partial charge in [0, 0.05) is 46.7 Å². The van der Waals surface area contributed by atoms with E-state index in [1.807, 2.05) is 38.2 Å². The summed E-state index contributed by atoms with van der Waals surface area (Å²) in [6.45, 7) is 4.97. The molecular formula is C28H27FN4O3. The van der Waals surface area contributed by atoms with Crippen molar-refractivity contribution in [2.75, 3.05) is 30.0 Å². The van der Waals surface area contributed by atoms with Crippen LogP contribution in [0.4, 0.5) is 15.9 Å². The van der Waals surface area contributed by atoms with Gasteiger partial charge in [-0.3, -0.25) is 19.5 Å². The Labute approximate surface area is 208 Å². The number of amides is 2. The molecule has 1 aliphatic carbocycles. The molecule has 2 fully saturated rings. The van der Waals surface area contributed by atoms with Crippen LogP contribution >= 0.6 is 0 Å². The molecule has 0 radical (unpaired) electrons. The van der Waals surface area contributed by atoms with Crippen molar-refractivity contribution in [3.63, 3.8) is 0 Å². The van der Waals surface area contributed by atoms with E-state index in [2.05, 4.69) is 16.4 Å². The highest BCUT2D eigenvalue weighted by atomic mass is 19.1. The van der Waals surface area contributed by atoms with Gasteiger partial charge in [0.25, 0.3) is 5.91 Å². The monoisotopic (exact) mass is 486 g/mol. The van der Waals surface area contributed by atoms with Gasteiger partial charge in [0.15, 0.2) is 0 Å². The van der Waals surface area contributed by atoms with E-state index >= 15 is 0 Å². The van der Waals surface area contributed by atoms with Crippen LogP contribution in [-0.2, 0) is 21.6 Å². The predicted octanol–water partition coefficient (Wildman–Crippen LogP) is 4.44. The number of carbonyl (C=O) groups is 2. The molecule has 1 saturated heterocycles. The van der Waals surface area contributed by atoms with Crippen LogP contribution in [0.5, 0.6) is 0 Å². The van der Waals surface area contributed by atoms with Gasteiger partial charge in [-0.15, -0.1) is 0 Å². The van der Waals surface area contributed by atoms with Crippen molar-refractivity contribution in [3.8, 4) is 11.1 Å². The largest absolute Gasteiger partial charge is 0.380 e. The van der Waals surface area contributed by atoms with Crippen LogP contribution in [0.2, 0.25) is 0 Å². The molecule has 2 aromatic heterocycles. The van der Waals surface area contributed by atoms with Crippen LogP contribution in [0.25, 0.3) is 11.1 Å². The lowest BCUT2D eigenvalue weighted by molar-refractivity contribution is -0.128. The molecule has 2 unspecified atom stereocenters. The number of hydrogen-bond donors (Lipinski definition) is 1. The Kier molecular flexibility index (Phi) is 5.37. The van der Waals surface area contributed by atoms with Gasteiger partial charge in [-0.2, -0.15) is 0 Å². The van der Waals surface area contributed by atoms with Gasteiger partial charge < -0.3 is 10.1 Å². The second-order valence-electron chi connectivity index (χ2n) is 9.86. The van der Waals surface area contributed by atoms with E-state index in [0.29, 0.717) is 36.9 Å². The molecule has 1 spiro atoms. The number of anilines is 2. The lowest BCUT2D eigenvalue weighted by Gasteiger charge is -2.41. The van der Waals surface area contributed by atoms with Crippen molar-refractivity contribution in [1.29, 1.82) is 0 Å². The second-order valence-corrected chi connectivity index (χ2v) is 9.86. The quantitative estimate of drug-likeness (QED) is 0.576. The van der Waals surface area contributed by atoms with Crippen molar-refractivity contribution in [3.05, 3.63) is 71.2 Å². The third kappa shape index (κ3) is 3.43. The molecule has 4 heterocycles. The average Bonchev–Trinajstić information content (AvgIpc) is 3.65. The van der Waals surface area contributed by atoms with Gasteiger partial charge in [-0.25, -0.2) is 9.37 Å². The minimum absolute atomic E-state index is 0.111. The Hall–Kier alpha value is -3.65. The Morgan fingerprint density at radius 3 is 2.89 bits per heavy atom. The van der Waals surface area contributed by atoms with Gasteiger partial charge in [0.2, 0.25) is 5.91 Å². The number of carbonyl (C=O) groups excluding carboxylic acids is 2. The van der Waals surface area contributed by atoms with Crippen LogP contribution in [-0.4, -0.2) is 41.5 Å². The lowest BCUT2D eigenvalue weighted by Crippen LogP contribution is -2.51. The number of fused-ring (bicyclic) bond motifs is 1. The summed E-state index contributed by atoms with van der Waals surface area (Å²) in [6, 6.07) is 10.9. The maximum Gasteiger partial charge on any atom is 0.255 e. The third-order valence-electron chi connectivity index (χ3n) is 7.90. The summed E-state index contributed by atoms with van der Waals surface area (Å²) in [6.07, 6.45) is 4.19. The first-order valence-electron chi connectivity index (χ1n) is 12.3. The number of nitrogens with zero attached hydrogens (tertiary/aromatic N) is 3. The number of hydrogen-bond acceptors (Lipinski definition) is 5. The molecule has 2 amide bonds. The summed E-state index contributed by atoms with van der Waals surface area (Å²) in [5.41, 5.74) is 5.10. The Balaban J connectivity index is 1.36. The first-order valence-corrected chi connectivity index (χ1v) is 12.3. The van der Waals surface area contributed by atoms with Crippen LogP contribution in [0.3, 0.4) is 0 Å². The zero-order valence-electron chi connectivity index (χ0n) is 20.3. The summed E-state index contributed by atoms with van der Waals surface area (Å²) in [4.78, 5) is 36.5. The van der Waals surface area contributed by atoms with E-state index in [1.54, 1.807) is 11.0 Å². The Morgan fingerprint density at radius 1 is 1.22 bits per heavy atom. The summed E-state index contributed by atoms with van der Waals surface area (Å²) < 4.78 is 18.7. The molecule has 3 aromatic rings. The number of rotatable bonds is 5. The zero-order valence-corrected chi connectivity index (χ0v) is 20.3. The van der Waals surface area contributed by atoms with Gasteiger partial charge in [0.05, 0.1) is 24.8 Å². The molecule has 184 valence electrons. The van der Waals surface area contributed by atoms with Gasteiger partial charge in [0.1, 0.15) is 12.5 Å². The van der Waals surface area contributed by atoms with E-state index in [9.17, 15) is 14.0 Å². The Morgan fingerprint density at radius 2 is 2.08 bits per heavy atom. The number of pyridine rings is 2. The molecule has 6 rings (SSSR count). The van der Waals surface area contributed by atoms with Crippen LogP contribution in [0.15, 0.2) is 48.8 Å². The number of alkyl halides is 1. The zero-order chi connectivity index (χ0) is 25.0. The summed E-state index contributed by atoms with van der Waals surface area (Å²) >= 11 is 0. The molecule has 1 aromatic carbocycles. The van der Waals surface area contributed by atoms with Crippen LogP contribution < -0.4 is 10.2 Å². The average molecular weight is 487 g/mol. The Bertz CT molecular complexity index is 1390. The fourth-order valence-corrected chi connectivity index (χ4v) is 5.94. The normalized spacial score (nSPS) is 24.0. The van der Waals surface area contributed by atoms with Gasteiger partial charge >= 0.3 is 0 Å². The van der Waals surface area contributed by atoms with E-state index in [1.165, 1.54) is 12.3 Å². The fourth-order valence-electron chi connectivity index (χ4n) is 5.94. The summed E-state index contributed by atoms with van der Waals surface area (Å²) in [5.74, 6) is 0.724. The number of nitrogens with one attached hydrogen (secondary N) is 1. The van der Waals surface area contributed by atoms with Gasteiger partial charge in [-0.05, 0) is 67.6 Å². The van der Waals surface area contributed by atoms with Crippen molar-refractivity contribution in [2.45, 2.75) is 32.4 Å². The summed E-state index contributed by atoms with van der Waals surface area (Å²) in [7, 11) is 0. The highest BCUT2D eigenvalue weighted by Crippen LogP contribution is 2.65. The van der Waals surface area contributed by atoms with Crippen molar-refractivity contribution < 1.29 is 18.7 Å². The van der Waals surface area contributed by atoms with Gasteiger partial charge in [-0.1, -0.05) is 6.07 Å². The minimum Gasteiger partial charge on any atom is -0.380 e. The molecule has 8 heteroatoms. The molecule has 0 bridgehead atoms. The highest BCUT2D eigenvalue weighted by Gasteiger charge is 2.67. The number of benzene rings is 1. The number of aromatic nitrogens is 2. The SMILES string of the molecule is CCN1C(=O)[C@@H]2COCC3CC32c2cc(-c3cc(NC(=O)c4ccnc(CF)c4)ccc3C)cnc21. The molecule has 3 aliphatic rings. The van der Waals surface area contributed by atoms with E-state index in [-0.39, 0.29) is 28.8 Å². The minimum atomic E-state index is -0.725. The summed E-state index contributed by atoms with van der Waals surface area (Å²) in [5, 5.41) is 2.91. The molecule has 36 heavy (non-hydrogen) atoms. The smallest absolute Gasteiger partial charge is 0.255 e. The van der Waals surface area contributed by atoms with Crippen molar-refractivity contribution >= 4 is 23.3 Å². The topological polar surface area (TPSA) is 84.4 Å². The first kappa shape index (κ1) is 22.8. The molecular weight excluding hydrogens is 459 g/mol. The number of aryl methyl sites for hydroxylation is 1. The highest BCUT2D eigenvalue weighted by molar-refractivity contribution is 6.04. The van der Waals surface area contributed by atoms with E-state index in [4.69, 9.17) is 9.72 Å². The molecule has 7 nitrogen and oxygen atoms in total. The molecule has 3 atom stereocenters. The maximum absolute atomic E-state index is 13.2. The maximum atomic E-state index is 13.2. The van der Waals surface area contributed by atoms with Crippen LogP contribution in [0.1, 0.15) is 40.5 Å².